The van der Waals surface area contributed by atoms with Gasteiger partial charge in [0.05, 0.1) is 41.3 Å². The van der Waals surface area contributed by atoms with Gasteiger partial charge in [-0.2, -0.15) is 0 Å². The van der Waals surface area contributed by atoms with Crippen molar-refractivity contribution in [3.63, 3.8) is 0 Å². The van der Waals surface area contributed by atoms with Crippen LogP contribution in [0.3, 0.4) is 0 Å². The van der Waals surface area contributed by atoms with Crippen LogP contribution in [-0.4, -0.2) is 192 Å². The van der Waals surface area contributed by atoms with Gasteiger partial charge in [0.1, 0.15) is 95.5 Å². The molecule has 7 heterocycles. The lowest BCUT2D eigenvalue weighted by molar-refractivity contribution is -0.334. The summed E-state index contributed by atoms with van der Waals surface area (Å²) in [4.78, 5) is 120. The highest BCUT2D eigenvalue weighted by Gasteiger charge is 2.52. The molecule has 0 aromatic heterocycles. The molecule has 2 fully saturated rings. The van der Waals surface area contributed by atoms with Crippen molar-refractivity contribution in [2.24, 2.45) is 11.7 Å². The van der Waals surface area contributed by atoms with E-state index in [-0.39, 0.29) is 76.2 Å². The third kappa shape index (κ3) is 19.2. The molecule has 0 aliphatic carbocycles. The Morgan fingerprint density at radius 2 is 1.31 bits per heavy atom. The molecule has 0 saturated carbocycles. The number of phenols is 3. The topological polar surface area (TPSA) is 508 Å². The van der Waals surface area contributed by atoms with Gasteiger partial charge in [-0.25, -0.2) is 0 Å². The summed E-state index contributed by atoms with van der Waals surface area (Å²) in [7, 11) is 1.49. The highest BCUT2D eigenvalue weighted by atomic mass is 35.5. The second kappa shape index (κ2) is 37.0. The van der Waals surface area contributed by atoms with Gasteiger partial charge in [0.2, 0.25) is 59.3 Å². The Hall–Kier alpha value is -10.8. The minimum absolute atomic E-state index is 0.0452. The molecule has 7 aromatic carbocycles. The molecule has 18 atom stereocenters. The van der Waals surface area contributed by atoms with Gasteiger partial charge < -0.3 is 128 Å². The lowest BCUT2D eigenvalue weighted by atomic mass is 9.84. The van der Waals surface area contributed by atoms with Crippen LogP contribution in [0.2, 0.25) is 10.0 Å². The predicted molar refractivity (Wildman–Crippen MR) is 424 cm³/mol. The van der Waals surface area contributed by atoms with E-state index < -0.39 is 220 Å². The van der Waals surface area contributed by atoms with E-state index in [4.69, 9.17) is 57.4 Å². The van der Waals surface area contributed by atoms with Crippen LogP contribution in [0, 0.1) is 5.92 Å². The summed E-state index contributed by atoms with van der Waals surface area (Å²) < 4.78 is 39.7. The SMILES string of the molecule is CCCCNC(=O)[C@H]1NC(=O)[C@H]2NC(=O)[C@H](NC(=O)[C@@H]3NC(=O)[C@H](CC(N)=O)NC(=O)[C@H](NC(=O)[C@@H](CC(C)C)NC)[C@H](O)c4ccc(c(Cl)c4)Oc4cc3cc(c4O[C@@H]3O[C@H](CO)[C@@H](O)[C@H](O)[C@H]3O[C@H]3C[C@](C)(NCc4ccc(-c5ccccc5)cc4)[C@@H](O)[C@H](C)O3)Oc3ccc(cc3Cl)[C@H]2O)c2ccc(O)c(c2)-c2c(O)cc(O)cc21. The first-order valence-corrected chi connectivity index (χ1v) is 39.1. The number of nitrogens with one attached hydrogen (secondary N) is 9. The molecule has 33 nitrogen and oxygen atoms in total. The number of aliphatic hydroxyl groups is 6. The van der Waals surface area contributed by atoms with Crippen molar-refractivity contribution in [2.45, 2.75) is 183 Å². The molecule has 14 rings (SSSR count). The summed E-state index contributed by atoms with van der Waals surface area (Å²) >= 11 is 14.4. The van der Waals surface area contributed by atoms with Gasteiger partial charge >= 0.3 is 0 Å². The zero-order valence-corrected chi connectivity index (χ0v) is 66.3. The van der Waals surface area contributed by atoms with E-state index in [9.17, 15) is 60.3 Å². The summed E-state index contributed by atoms with van der Waals surface area (Å²) in [6, 6.07) is 18.2. The van der Waals surface area contributed by atoms with Gasteiger partial charge in [0.25, 0.3) is 0 Å². The fourth-order valence-corrected chi connectivity index (χ4v) is 15.3. The molecule has 118 heavy (non-hydrogen) atoms. The normalized spacial score (nSPS) is 26.8. The average molecular weight is 1670 g/mol. The number of carbonyl (C=O) groups is 8. The Balaban J connectivity index is 1.05. The van der Waals surface area contributed by atoms with Gasteiger partial charge in [-0.1, -0.05) is 123 Å². The van der Waals surface area contributed by atoms with E-state index in [0.717, 1.165) is 71.3 Å². The van der Waals surface area contributed by atoms with Crippen LogP contribution in [0.25, 0.3) is 22.3 Å². The van der Waals surface area contributed by atoms with E-state index >= 15 is 24.0 Å². The third-order valence-corrected chi connectivity index (χ3v) is 21.9. The van der Waals surface area contributed by atoms with Gasteiger partial charge in [0.15, 0.2) is 23.9 Å². The third-order valence-electron chi connectivity index (χ3n) is 21.3. The molecule has 628 valence electrons. The Bertz CT molecular complexity index is 4920. The van der Waals surface area contributed by atoms with Crippen LogP contribution in [0.1, 0.15) is 130 Å². The van der Waals surface area contributed by atoms with Crippen molar-refractivity contribution in [2.75, 3.05) is 20.2 Å². The minimum atomic E-state index is -2.34. The number of rotatable bonds is 20. The number of hydrogen-bond donors (Lipinski definition) is 19. The monoisotopic (exact) mass is 1670 g/mol. The second-order valence-corrected chi connectivity index (χ2v) is 31.2. The fraction of sp³-hybridized carbons (Fsp3) is 0.398. The molecular formula is C83H94Cl2N10O23. The summed E-state index contributed by atoms with van der Waals surface area (Å²) in [5.74, 6) is -14.4. The number of carbonyl (C=O) groups excluding carboxylic acids is 8. The number of unbranched alkanes of at least 4 members (excludes halogenated alkanes) is 1. The molecule has 7 aliphatic heterocycles. The lowest BCUT2D eigenvalue weighted by Gasteiger charge is -2.48. The van der Waals surface area contributed by atoms with Crippen LogP contribution in [-0.2, 0) is 59.1 Å². The summed E-state index contributed by atoms with van der Waals surface area (Å²) in [5, 5.41) is 130. The molecule has 35 heteroatoms. The van der Waals surface area contributed by atoms with Crippen LogP contribution in [0.5, 0.6) is 46.0 Å². The van der Waals surface area contributed by atoms with E-state index in [1.807, 2.05) is 75.4 Å². The molecule has 11 bridgehead atoms. The molecule has 20 N–H and O–H groups in total. The number of ether oxygens (including phenoxy) is 6. The lowest BCUT2D eigenvalue weighted by Crippen LogP contribution is -2.65. The Labute approximate surface area is 687 Å². The molecule has 0 unspecified atom stereocenters. The largest absolute Gasteiger partial charge is 0.508 e. The zero-order chi connectivity index (χ0) is 84.9. The van der Waals surface area contributed by atoms with E-state index in [2.05, 4.69) is 47.9 Å². The maximum Gasteiger partial charge on any atom is 0.248 e. The second-order valence-electron chi connectivity index (χ2n) is 30.3. The van der Waals surface area contributed by atoms with Crippen LogP contribution < -0.4 is 67.8 Å². The number of amides is 8. The molecule has 7 aromatic rings. The molecule has 7 aliphatic rings. The summed E-state index contributed by atoms with van der Waals surface area (Å²) in [5.41, 5.74) is 5.20. The van der Waals surface area contributed by atoms with Crippen LogP contribution >= 0.6 is 23.2 Å². The number of likely N-dealkylation sites (N-methyl/N-ethyl adjacent to an activating group) is 1. The zero-order valence-electron chi connectivity index (χ0n) is 64.8. The van der Waals surface area contributed by atoms with E-state index in [0.29, 0.717) is 12.8 Å². The number of aliphatic hydroxyl groups excluding tert-OH is 6. The Morgan fingerprint density at radius 3 is 1.93 bits per heavy atom. The number of phenolic OH excluding ortho intramolecular Hbond substituents is 3. The van der Waals surface area contributed by atoms with Crippen molar-refractivity contribution < 1.29 is 113 Å². The first-order valence-electron chi connectivity index (χ1n) is 38.4. The van der Waals surface area contributed by atoms with E-state index in [1.54, 1.807) is 13.8 Å². The predicted octanol–water partition coefficient (Wildman–Crippen LogP) is 4.44. The average Bonchev–Trinajstić information content (AvgIpc) is 0.766. The highest BCUT2D eigenvalue weighted by molar-refractivity contribution is 6.32. The molecule has 2 saturated heterocycles. The van der Waals surface area contributed by atoms with Crippen molar-refractivity contribution in [1.82, 2.24) is 47.9 Å². The van der Waals surface area contributed by atoms with Crippen molar-refractivity contribution in [3.8, 4) is 68.2 Å². The van der Waals surface area contributed by atoms with Gasteiger partial charge in [-0.15, -0.1) is 0 Å². The maximum absolute atomic E-state index is 16.3. The van der Waals surface area contributed by atoms with Gasteiger partial charge in [-0.05, 0) is 139 Å². The Kier molecular flexibility index (Phi) is 27.2. The number of hydrogen-bond acceptors (Lipinski definition) is 25. The standard InChI is InChI=1S/C83H94Cl2N10O23/c1-7-8-24-88-77(108)65-48-31-46(97)32-54(99)62(48)47-26-42(18-21-53(47)98)63-78(109)95-67(81(112)93-65)69(102)44-20-23-56(50(85)28-44)115-58-30-45-29-57(114-55-22-19-43(27-49(55)84)68(101)66(94-75(106)51(87-6)25-37(2)3)80(111)90-52(33-60(86)100)76(107)91-64(45)79(110)92-63)72(58)118-82-73(71(104)70(103)59(36-96)116-82)117-61-34-83(5,74(105)38(4)113-61)89-35-39-14-16-41(17-15-39)40-12-10-9-11-13-40/h9-23,26-32,37-38,51-52,59,61,63-71,73-74,82,87,89,96-99,101-105H,7-8,24-25,33-36H2,1-6H3,(H2,86,100)(H,88,108)(H,90,111)(H,91,107)(H,92,110)(H,93,112)(H,94,106)(H,95,109)/t38-,51+,52-,59+,61-,63+,64+,65-,66+,67-,68+,69+,70+,71-,73+,74-,82-,83-/m0/s1. The maximum atomic E-state index is 16.3. The van der Waals surface area contributed by atoms with Crippen molar-refractivity contribution in [3.05, 3.63) is 177 Å². The smallest absolute Gasteiger partial charge is 0.248 e. The van der Waals surface area contributed by atoms with Crippen molar-refractivity contribution >= 4 is 70.5 Å². The number of primary amides is 1. The summed E-state index contributed by atoms with van der Waals surface area (Å²) in [6.07, 6.45) is -17.4. The van der Waals surface area contributed by atoms with E-state index in [1.165, 1.54) is 31.3 Å². The number of nitrogens with two attached hydrogens (primary N) is 1. The quantitative estimate of drug-likeness (QED) is 0.0469. The Morgan fingerprint density at radius 1 is 0.678 bits per heavy atom. The number of fused-ring (bicyclic) bond motifs is 15. The van der Waals surface area contributed by atoms with Gasteiger partial charge in [-0.3, -0.25) is 38.4 Å². The molecule has 0 spiro atoms. The first kappa shape index (κ1) is 86.6. The first-order chi connectivity index (χ1) is 56.2. The van der Waals surface area contributed by atoms with Crippen LogP contribution in [0.15, 0.2) is 133 Å². The summed E-state index contributed by atoms with van der Waals surface area (Å²) in [6.45, 7) is 8.14. The molecule has 8 amide bonds. The molecule has 0 radical (unpaired) electrons. The number of aromatic hydroxyl groups is 3. The van der Waals surface area contributed by atoms with Crippen LogP contribution in [0.4, 0.5) is 0 Å². The fourth-order valence-electron chi connectivity index (χ4n) is 14.9. The number of halogens is 2. The number of benzene rings is 7. The highest BCUT2D eigenvalue weighted by Crippen LogP contribution is 2.50. The van der Waals surface area contributed by atoms with Crippen molar-refractivity contribution in [1.29, 1.82) is 0 Å². The van der Waals surface area contributed by atoms with Gasteiger partial charge in [0, 0.05) is 42.2 Å². The molecular weight excluding hydrogens is 1580 g/mol. The minimum Gasteiger partial charge on any atom is -0.508 e.